The van der Waals surface area contributed by atoms with E-state index in [9.17, 15) is 8.78 Å². The van der Waals surface area contributed by atoms with Crippen molar-refractivity contribution >= 4 is 17.0 Å². The van der Waals surface area contributed by atoms with Gasteiger partial charge in [-0.1, -0.05) is 0 Å². The van der Waals surface area contributed by atoms with Crippen molar-refractivity contribution in [1.82, 2.24) is 19.7 Å². The highest BCUT2D eigenvalue weighted by atomic mass is 19.3. The van der Waals surface area contributed by atoms with Crippen molar-refractivity contribution in [1.29, 1.82) is 0 Å². The molecule has 2 aromatic heterocycles. The van der Waals surface area contributed by atoms with Crippen molar-refractivity contribution < 1.29 is 8.78 Å². The van der Waals surface area contributed by atoms with Crippen LogP contribution in [0, 0.1) is 0 Å². The van der Waals surface area contributed by atoms with Gasteiger partial charge in [0.05, 0.1) is 12.4 Å². The molecule has 0 radical (unpaired) electrons. The molecule has 7 heteroatoms. The fourth-order valence-electron chi connectivity index (χ4n) is 2.38. The molecule has 0 bridgehead atoms. The highest BCUT2D eigenvalue weighted by molar-refractivity contribution is 5.71. The van der Waals surface area contributed by atoms with E-state index in [1.54, 1.807) is 6.20 Å². The normalized spacial score (nSPS) is 16.5. The Morgan fingerprint density at radius 1 is 1.16 bits per heavy atom. The van der Waals surface area contributed by atoms with E-state index >= 15 is 0 Å². The maximum atomic E-state index is 12.5. The first-order valence-electron chi connectivity index (χ1n) is 6.46. The highest BCUT2D eigenvalue weighted by Gasteiger charge is 2.16. The van der Waals surface area contributed by atoms with E-state index in [2.05, 4.69) is 20.0 Å². The zero-order valence-corrected chi connectivity index (χ0v) is 10.5. The molecule has 3 rings (SSSR count). The predicted molar refractivity (Wildman–Crippen MR) is 67.4 cm³/mol. The number of anilines is 1. The molecule has 3 heterocycles. The summed E-state index contributed by atoms with van der Waals surface area (Å²) in [6, 6.07) is 0. The summed E-state index contributed by atoms with van der Waals surface area (Å²) in [6.07, 6.45) is 4.23. The van der Waals surface area contributed by atoms with Gasteiger partial charge in [0, 0.05) is 13.1 Å². The topological polar surface area (TPSA) is 46.8 Å². The molecule has 19 heavy (non-hydrogen) atoms. The standard InChI is InChI=1S/C12H15F2N5/c13-10(14)8-19-12-9(6-16-19)15-7-11(17-12)18-4-2-1-3-5-18/h6-7,10H,1-5,8H2. The molecule has 0 aliphatic carbocycles. The fraction of sp³-hybridized carbons (Fsp3) is 0.583. The van der Waals surface area contributed by atoms with Crippen LogP contribution in [0.1, 0.15) is 19.3 Å². The Morgan fingerprint density at radius 2 is 1.95 bits per heavy atom. The largest absolute Gasteiger partial charge is 0.355 e. The van der Waals surface area contributed by atoms with E-state index in [-0.39, 0.29) is 0 Å². The van der Waals surface area contributed by atoms with E-state index in [4.69, 9.17) is 0 Å². The van der Waals surface area contributed by atoms with Crippen molar-refractivity contribution in [3.05, 3.63) is 12.4 Å². The lowest BCUT2D eigenvalue weighted by molar-refractivity contribution is 0.123. The lowest BCUT2D eigenvalue weighted by Gasteiger charge is -2.27. The molecule has 0 atom stereocenters. The van der Waals surface area contributed by atoms with Crippen molar-refractivity contribution in [2.75, 3.05) is 18.0 Å². The highest BCUT2D eigenvalue weighted by Crippen LogP contribution is 2.19. The summed E-state index contributed by atoms with van der Waals surface area (Å²) < 4.78 is 26.1. The first-order valence-corrected chi connectivity index (χ1v) is 6.46. The minimum atomic E-state index is -2.44. The molecule has 1 aliphatic rings. The van der Waals surface area contributed by atoms with Gasteiger partial charge in [-0.15, -0.1) is 0 Å². The third-order valence-electron chi connectivity index (χ3n) is 3.32. The quantitative estimate of drug-likeness (QED) is 0.854. The van der Waals surface area contributed by atoms with Gasteiger partial charge in [-0.05, 0) is 19.3 Å². The average molecular weight is 267 g/mol. The van der Waals surface area contributed by atoms with Gasteiger partial charge in [-0.2, -0.15) is 5.10 Å². The zero-order chi connectivity index (χ0) is 13.2. The molecule has 1 saturated heterocycles. The molecule has 0 aromatic carbocycles. The Balaban J connectivity index is 1.93. The number of hydrogen-bond acceptors (Lipinski definition) is 4. The van der Waals surface area contributed by atoms with Crippen LogP contribution in [0.25, 0.3) is 11.2 Å². The van der Waals surface area contributed by atoms with Gasteiger partial charge in [-0.3, -0.25) is 0 Å². The van der Waals surface area contributed by atoms with E-state index in [0.29, 0.717) is 11.2 Å². The summed E-state index contributed by atoms with van der Waals surface area (Å²) in [4.78, 5) is 10.8. The summed E-state index contributed by atoms with van der Waals surface area (Å²) >= 11 is 0. The lowest BCUT2D eigenvalue weighted by Crippen LogP contribution is -2.30. The summed E-state index contributed by atoms with van der Waals surface area (Å²) in [6.45, 7) is 1.45. The number of aromatic nitrogens is 4. The third kappa shape index (κ3) is 2.50. The lowest BCUT2D eigenvalue weighted by atomic mass is 10.1. The van der Waals surface area contributed by atoms with Crippen LogP contribution in [0.2, 0.25) is 0 Å². The van der Waals surface area contributed by atoms with Gasteiger partial charge in [0.25, 0.3) is 6.43 Å². The monoisotopic (exact) mass is 267 g/mol. The van der Waals surface area contributed by atoms with E-state index in [1.807, 2.05) is 0 Å². The number of alkyl halides is 2. The van der Waals surface area contributed by atoms with Crippen LogP contribution < -0.4 is 4.90 Å². The van der Waals surface area contributed by atoms with E-state index < -0.39 is 13.0 Å². The van der Waals surface area contributed by atoms with Gasteiger partial charge in [0.15, 0.2) is 5.65 Å². The molecule has 1 aliphatic heterocycles. The van der Waals surface area contributed by atoms with Gasteiger partial charge >= 0.3 is 0 Å². The molecule has 2 aromatic rings. The van der Waals surface area contributed by atoms with Crippen LogP contribution >= 0.6 is 0 Å². The van der Waals surface area contributed by atoms with Gasteiger partial charge < -0.3 is 4.90 Å². The number of rotatable bonds is 3. The van der Waals surface area contributed by atoms with Crippen LogP contribution in [-0.4, -0.2) is 39.3 Å². The Hall–Kier alpha value is -1.79. The molecule has 0 N–H and O–H groups in total. The Labute approximate surface area is 109 Å². The second-order valence-corrected chi connectivity index (χ2v) is 4.70. The predicted octanol–water partition coefficient (Wildman–Crippen LogP) is 2.08. The van der Waals surface area contributed by atoms with Gasteiger partial charge in [-0.25, -0.2) is 23.4 Å². The average Bonchev–Trinajstić information content (AvgIpc) is 2.82. The minimum Gasteiger partial charge on any atom is -0.355 e. The van der Waals surface area contributed by atoms with Crippen LogP contribution in [-0.2, 0) is 6.54 Å². The Bertz CT molecular complexity index is 562. The summed E-state index contributed by atoms with van der Waals surface area (Å²) in [5.74, 6) is 0.753. The minimum absolute atomic E-state index is 0.434. The maximum Gasteiger partial charge on any atom is 0.258 e. The zero-order valence-electron chi connectivity index (χ0n) is 10.5. The van der Waals surface area contributed by atoms with Crippen molar-refractivity contribution in [3.8, 4) is 0 Å². The summed E-state index contributed by atoms with van der Waals surface area (Å²) in [5, 5.41) is 3.91. The molecular weight excluding hydrogens is 252 g/mol. The number of hydrogen-bond donors (Lipinski definition) is 0. The summed E-state index contributed by atoms with van der Waals surface area (Å²) in [5.41, 5.74) is 0.991. The second kappa shape index (κ2) is 5.07. The number of nitrogens with zero attached hydrogens (tertiary/aromatic N) is 5. The summed E-state index contributed by atoms with van der Waals surface area (Å²) in [7, 11) is 0. The van der Waals surface area contributed by atoms with Crippen LogP contribution in [0.15, 0.2) is 12.4 Å². The van der Waals surface area contributed by atoms with Crippen molar-refractivity contribution in [2.24, 2.45) is 0 Å². The Kier molecular flexibility index (Phi) is 3.27. The number of piperidine rings is 1. The first-order chi connectivity index (χ1) is 9.24. The van der Waals surface area contributed by atoms with Crippen LogP contribution in [0.4, 0.5) is 14.6 Å². The van der Waals surface area contributed by atoms with Gasteiger partial charge in [0.2, 0.25) is 0 Å². The maximum absolute atomic E-state index is 12.5. The van der Waals surface area contributed by atoms with Crippen LogP contribution in [0.3, 0.4) is 0 Å². The molecule has 102 valence electrons. The molecule has 0 spiro atoms. The third-order valence-corrected chi connectivity index (χ3v) is 3.32. The molecule has 0 unspecified atom stereocenters. The first kappa shape index (κ1) is 12.3. The fourth-order valence-corrected chi connectivity index (χ4v) is 2.38. The second-order valence-electron chi connectivity index (χ2n) is 4.70. The van der Waals surface area contributed by atoms with Crippen molar-refractivity contribution in [2.45, 2.75) is 32.2 Å². The molecule has 0 saturated carbocycles. The number of halogens is 2. The van der Waals surface area contributed by atoms with E-state index in [0.717, 1.165) is 31.7 Å². The SMILES string of the molecule is FC(F)Cn1ncc2ncc(N3CCCCC3)nc21. The molecule has 1 fully saturated rings. The smallest absolute Gasteiger partial charge is 0.258 e. The van der Waals surface area contributed by atoms with Gasteiger partial charge in [0.1, 0.15) is 17.9 Å². The molecule has 0 amide bonds. The number of fused-ring (bicyclic) bond motifs is 1. The molecular formula is C12H15F2N5. The van der Waals surface area contributed by atoms with Crippen LogP contribution in [0.5, 0.6) is 0 Å². The van der Waals surface area contributed by atoms with E-state index in [1.165, 1.54) is 17.3 Å². The molecule has 5 nitrogen and oxygen atoms in total. The van der Waals surface area contributed by atoms with Crippen molar-refractivity contribution in [3.63, 3.8) is 0 Å². The Morgan fingerprint density at radius 3 is 2.68 bits per heavy atom.